The van der Waals surface area contributed by atoms with Crippen LogP contribution in [0.4, 0.5) is 5.13 Å². The summed E-state index contributed by atoms with van der Waals surface area (Å²) >= 11 is 1.41. The Morgan fingerprint density at radius 1 is 1.47 bits per heavy atom. The van der Waals surface area contributed by atoms with Crippen LogP contribution in [0.2, 0.25) is 0 Å². The first-order valence-corrected chi connectivity index (χ1v) is 7.96. The fourth-order valence-corrected chi connectivity index (χ4v) is 4.29. The minimum atomic E-state index is -3.01. The van der Waals surface area contributed by atoms with Gasteiger partial charge < -0.3 is 5.32 Å². The molecule has 5 nitrogen and oxygen atoms in total. The number of anilines is 1. The van der Waals surface area contributed by atoms with E-state index in [1.807, 2.05) is 13.8 Å². The van der Waals surface area contributed by atoms with Crippen molar-refractivity contribution in [3.05, 3.63) is 10.6 Å². The first-order valence-electron chi connectivity index (χ1n) is 5.33. The number of thiazole rings is 1. The number of nitrogens with one attached hydrogen (secondary N) is 1. The van der Waals surface area contributed by atoms with E-state index in [2.05, 4.69) is 10.3 Å². The number of sulfone groups is 1. The number of aryl methyl sites for hydroxylation is 2. The Kier molecular flexibility index (Phi) is 3.22. The van der Waals surface area contributed by atoms with Gasteiger partial charge in [-0.1, -0.05) is 0 Å². The summed E-state index contributed by atoms with van der Waals surface area (Å²) in [7, 11) is -3.01. The minimum absolute atomic E-state index is 0.0395. The number of hydrogen-bond acceptors (Lipinski definition) is 5. The molecular weight excluding hydrogens is 260 g/mol. The van der Waals surface area contributed by atoms with Crippen LogP contribution in [-0.4, -0.2) is 30.8 Å². The largest absolute Gasteiger partial charge is 0.302 e. The Labute approximate surface area is 104 Å². The molecule has 7 heteroatoms. The Hall–Kier alpha value is -0.950. The fraction of sp³-hybridized carbons (Fsp3) is 0.600. The van der Waals surface area contributed by atoms with E-state index in [4.69, 9.17) is 0 Å². The predicted molar refractivity (Wildman–Crippen MR) is 67.0 cm³/mol. The maximum absolute atomic E-state index is 11.8. The van der Waals surface area contributed by atoms with Gasteiger partial charge in [0.25, 0.3) is 0 Å². The molecule has 1 fully saturated rings. The third-order valence-corrected chi connectivity index (χ3v) is 5.62. The summed E-state index contributed by atoms with van der Waals surface area (Å²) in [6, 6.07) is 0. The summed E-state index contributed by atoms with van der Waals surface area (Å²) in [4.78, 5) is 17.1. The van der Waals surface area contributed by atoms with E-state index in [9.17, 15) is 13.2 Å². The number of nitrogens with zero attached hydrogens (tertiary/aromatic N) is 1. The molecule has 17 heavy (non-hydrogen) atoms. The summed E-state index contributed by atoms with van der Waals surface area (Å²) in [5.74, 6) is -0.590. The van der Waals surface area contributed by atoms with Gasteiger partial charge in [0.05, 0.1) is 23.1 Å². The summed E-state index contributed by atoms with van der Waals surface area (Å²) in [5.41, 5.74) is 0.893. The lowest BCUT2D eigenvalue weighted by atomic mass is 10.1. The molecule has 1 aromatic heterocycles. The van der Waals surface area contributed by atoms with Gasteiger partial charge in [-0.15, -0.1) is 11.3 Å². The molecule has 1 aromatic rings. The highest BCUT2D eigenvalue weighted by Gasteiger charge is 2.33. The van der Waals surface area contributed by atoms with Crippen molar-refractivity contribution in [2.45, 2.75) is 20.3 Å². The Morgan fingerprint density at radius 2 is 2.18 bits per heavy atom. The van der Waals surface area contributed by atoms with Crippen LogP contribution in [0.1, 0.15) is 17.0 Å². The molecule has 1 saturated heterocycles. The van der Waals surface area contributed by atoms with Gasteiger partial charge in [-0.05, 0) is 20.3 Å². The van der Waals surface area contributed by atoms with E-state index < -0.39 is 15.8 Å². The lowest BCUT2D eigenvalue weighted by molar-refractivity contribution is -0.119. The number of carbonyl (C=O) groups excluding carboxylic acids is 1. The average Bonchev–Trinajstić information content (AvgIpc) is 2.71. The second kappa shape index (κ2) is 4.38. The van der Waals surface area contributed by atoms with E-state index in [-0.39, 0.29) is 17.4 Å². The third-order valence-electron chi connectivity index (χ3n) is 2.86. The van der Waals surface area contributed by atoms with Gasteiger partial charge in [-0.2, -0.15) is 0 Å². The number of hydrogen-bond donors (Lipinski definition) is 1. The van der Waals surface area contributed by atoms with E-state index in [0.717, 1.165) is 10.6 Å². The topological polar surface area (TPSA) is 76.1 Å². The van der Waals surface area contributed by atoms with Crippen LogP contribution in [0.3, 0.4) is 0 Å². The summed E-state index contributed by atoms with van der Waals surface area (Å²) in [6.45, 7) is 3.81. The number of amides is 1. The molecule has 1 N–H and O–H groups in total. The molecule has 2 rings (SSSR count). The first-order chi connectivity index (χ1) is 7.87. The van der Waals surface area contributed by atoms with Crippen molar-refractivity contribution in [1.82, 2.24) is 4.98 Å². The minimum Gasteiger partial charge on any atom is -0.302 e. The predicted octanol–water partition coefficient (Wildman–Crippen LogP) is 1.13. The number of aromatic nitrogens is 1. The molecule has 0 saturated carbocycles. The van der Waals surface area contributed by atoms with E-state index in [1.165, 1.54) is 11.3 Å². The van der Waals surface area contributed by atoms with Crippen molar-refractivity contribution in [3.63, 3.8) is 0 Å². The third kappa shape index (κ3) is 2.84. The van der Waals surface area contributed by atoms with Crippen molar-refractivity contribution in [2.75, 3.05) is 16.8 Å². The highest BCUT2D eigenvalue weighted by atomic mass is 32.2. The van der Waals surface area contributed by atoms with E-state index in [0.29, 0.717) is 11.6 Å². The Bertz CT molecular complexity index is 528. The molecule has 0 spiro atoms. The zero-order chi connectivity index (χ0) is 12.6. The monoisotopic (exact) mass is 274 g/mol. The van der Waals surface area contributed by atoms with Gasteiger partial charge in [0.1, 0.15) is 0 Å². The van der Waals surface area contributed by atoms with Crippen LogP contribution >= 0.6 is 11.3 Å². The number of carbonyl (C=O) groups is 1. The summed E-state index contributed by atoms with van der Waals surface area (Å²) < 4.78 is 22.5. The highest BCUT2D eigenvalue weighted by Crippen LogP contribution is 2.24. The van der Waals surface area contributed by atoms with Gasteiger partial charge in [-0.3, -0.25) is 4.79 Å². The van der Waals surface area contributed by atoms with Gasteiger partial charge in [0.15, 0.2) is 15.0 Å². The quantitative estimate of drug-likeness (QED) is 0.877. The second-order valence-electron chi connectivity index (χ2n) is 4.25. The summed E-state index contributed by atoms with van der Waals surface area (Å²) in [6.07, 6.45) is 0.414. The van der Waals surface area contributed by atoms with Crippen LogP contribution < -0.4 is 5.32 Å². The van der Waals surface area contributed by atoms with Crippen molar-refractivity contribution in [1.29, 1.82) is 0 Å². The molecule has 0 radical (unpaired) electrons. The maximum atomic E-state index is 11.8. The SMILES string of the molecule is Cc1nc(NC(=O)[C@H]2CCS(=O)(=O)C2)sc1C. The van der Waals surface area contributed by atoms with Gasteiger partial charge in [0, 0.05) is 4.88 Å². The molecule has 0 aromatic carbocycles. The smallest absolute Gasteiger partial charge is 0.230 e. The van der Waals surface area contributed by atoms with Crippen LogP contribution in [0.5, 0.6) is 0 Å². The Morgan fingerprint density at radius 3 is 2.65 bits per heavy atom. The van der Waals surface area contributed by atoms with Crippen molar-refractivity contribution < 1.29 is 13.2 Å². The van der Waals surface area contributed by atoms with Crippen molar-refractivity contribution in [2.24, 2.45) is 5.92 Å². The second-order valence-corrected chi connectivity index (χ2v) is 7.68. The molecule has 1 atom stereocenters. The molecule has 1 aliphatic heterocycles. The summed E-state index contributed by atoms with van der Waals surface area (Å²) in [5, 5.41) is 3.24. The molecule has 1 aliphatic rings. The van der Waals surface area contributed by atoms with Crippen LogP contribution in [-0.2, 0) is 14.6 Å². The van der Waals surface area contributed by atoms with Gasteiger partial charge in [0.2, 0.25) is 5.91 Å². The number of rotatable bonds is 2. The molecule has 0 aliphatic carbocycles. The highest BCUT2D eigenvalue weighted by molar-refractivity contribution is 7.91. The molecular formula is C10H14N2O3S2. The maximum Gasteiger partial charge on any atom is 0.230 e. The van der Waals surface area contributed by atoms with Crippen molar-refractivity contribution in [3.8, 4) is 0 Å². The lowest BCUT2D eigenvalue weighted by Gasteiger charge is -2.06. The van der Waals surface area contributed by atoms with Crippen LogP contribution in [0.15, 0.2) is 0 Å². The van der Waals surface area contributed by atoms with E-state index in [1.54, 1.807) is 0 Å². The van der Waals surface area contributed by atoms with Crippen molar-refractivity contribution >= 4 is 32.2 Å². The molecule has 94 valence electrons. The zero-order valence-corrected chi connectivity index (χ0v) is 11.3. The van der Waals surface area contributed by atoms with Crippen LogP contribution in [0, 0.1) is 19.8 Å². The van der Waals surface area contributed by atoms with Gasteiger partial charge >= 0.3 is 0 Å². The van der Waals surface area contributed by atoms with Crippen LogP contribution in [0.25, 0.3) is 0 Å². The first kappa shape index (κ1) is 12.5. The normalized spacial score (nSPS) is 22.6. The van der Waals surface area contributed by atoms with Gasteiger partial charge in [-0.25, -0.2) is 13.4 Å². The molecule has 0 unspecified atom stereocenters. The average molecular weight is 274 g/mol. The zero-order valence-electron chi connectivity index (χ0n) is 9.69. The molecule has 2 heterocycles. The lowest BCUT2D eigenvalue weighted by Crippen LogP contribution is -2.23. The standard InChI is InChI=1S/C10H14N2O3S2/c1-6-7(2)16-10(11-6)12-9(13)8-3-4-17(14,15)5-8/h8H,3-5H2,1-2H3,(H,11,12,13)/t8-/m0/s1. The fourth-order valence-electron chi connectivity index (χ4n) is 1.74. The molecule has 1 amide bonds. The van der Waals surface area contributed by atoms with E-state index >= 15 is 0 Å². The Balaban J connectivity index is 2.03. The molecule has 0 bridgehead atoms.